The van der Waals surface area contributed by atoms with Crippen LogP contribution in [0.15, 0.2) is 66.7 Å². The SMILES string of the molecule is O=C(O)C1C2C=CC(O2)C1C(=O)Nc1ccccc1Cc1ccccc1. The van der Waals surface area contributed by atoms with Gasteiger partial charge in [-0.3, -0.25) is 9.59 Å². The number of fused-ring (bicyclic) bond motifs is 2. The van der Waals surface area contributed by atoms with E-state index >= 15 is 0 Å². The van der Waals surface area contributed by atoms with Gasteiger partial charge in [0.15, 0.2) is 0 Å². The Kier molecular flexibility index (Phi) is 4.31. The zero-order valence-electron chi connectivity index (χ0n) is 14.0. The number of carbonyl (C=O) groups is 2. The van der Waals surface area contributed by atoms with E-state index in [1.807, 2.05) is 54.6 Å². The first-order valence-electron chi connectivity index (χ1n) is 8.63. The molecule has 0 radical (unpaired) electrons. The van der Waals surface area contributed by atoms with Gasteiger partial charge < -0.3 is 15.2 Å². The van der Waals surface area contributed by atoms with Gasteiger partial charge in [0.05, 0.1) is 18.1 Å². The maximum Gasteiger partial charge on any atom is 0.310 e. The maximum absolute atomic E-state index is 12.8. The Morgan fingerprint density at radius 1 is 0.923 bits per heavy atom. The first kappa shape index (κ1) is 16.5. The Labute approximate surface area is 151 Å². The molecule has 1 saturated heterocycles. The van der Waals surface area contributed by atoms with Crippen LogP contribution in [0, 0.1) is 11.8 Å². The first-order valence-corrected chi connectivity index (χ1v) is 8.63. The summed E-state index contributed by atoms with van der Waals surface area (Å²) in [5.74, 6) is -2.87. The van der Waals surface area contributed by atoms with E-state index in [9.17, 15) is 14.7 Å². The highest BCUT2D eigenvalue weighted by Crippen LogP contribution is 2.40. The van der Waals surface area contributed by atoms with Crippen LogP contribution in [0.5, 0.6) is 0 Å². The third-order valence-corrected chi connectivity index (χ3v) is 5.00. The van der Waals surface area contributed by atoms with Crippen LogP contribution < -0.4 is 5.32 Å². The number of benzene rings is 2. The fourth-order valence-electron chi connectivity index (χ4n) is 3.74. The minimum atomic E-state index is -1.00. The van der Waals surface area contributed by atoms with Crippen LogP contribution in [0.1, 0.15) is 11.1 Å². The van der Waals surface area contributed by atoms with Gasteiger partial charge in [-0.1, -0.05) is 60.7 Å². The van der Waals surface area contributed by atoms with Gasteiger partial charge in [0.2, 0.25) is 5.91 Å². The van der Waals surface area contributed by atoms with E-state index < -0.39 is 30.0 Å². The van der Waals surface area contributed by atoms with Gasteiger partial charge in [-0.15, -0.1) is 0 Å². The molecule has 26 heavy (non-hydrogen) atoms. The standard InChI is InChI=1S/C21H19NO4/c23-20(18-16-10-11-17(26-16)19(18)21(24)25)22-15-9-5-4-8-14(15)12-13-6-2-1-3-7-13/h1-11,16-19H,12H2,(H,22,23)(H,24,25). The molecule has 2 aliphatic rings. The molecule has 2 aliphatic heterocycles. The number of hydrogen-bond acceptors (Lipinski definition) is 3. The number of para-hydroxylation sites is 1. The molecule has 1 fully saturated rings. The lowest BCUT2D eigenvalue weighted by atomic mass is 9.82. The van der Waals surface area contributed by atoms with Gasteiger partial charge in [0.25, 0.3) is 0 Å². The fourth-order valence-corrected chi connectivity index (χ4v) is 3.74. The first-order chi connectivity index (χ1) is 12.6. The molecule has 0 saturated carbocycles. The highest BCUT2D eigenvalue weighted by molar-refractivity contribution is 5.97. The largest absolute Gasteiger partial charge is 0.481 e. The summed E-state index contributed by atoms with van der Waals surface area (Å²) in [5, 5.41) is 12.4. The summed E-state index contributed by atoms with van der Waals surface area (Å²) < 4.78 is 5.59. The maximum atomic E-state index is 12.8. The van der Waals surface area contributed by atoms with Crippen molar-refractivity contribution in [3.63, 3.8) is 0 Å². The number of carbonyl (C=O) groups excluding carboxylic acids is 1. The van der Waals surface area contributed by atoms with Crippen LogP contribution in [-0.2, 0) is 20.7 Å². The van der Waals surface area contributed by atoms with Crippen molar-refractivity contribution >= 4 is 17.6 Å². The number of rotatable bonds is 5. The van der Waals surface area contributed by atoms with Gasteiger partial charge in [-0.05, 0) is 23.6 Å². The van der Waals surface area contributed by atoms with Crippen molar-refractivity contribution in [2.24, 2.45) is 11.8 Å². The quantitative estimate of drug-likeness (QED) is 0.814. The second-order valence-corrected chi connectivity index (χ2v) is 6.65. The predicted octanol–water partition coefficient (Wildman–Crippen LogP) is 2.87. The molecule has 0 aromatic heterocycles. The summed E-state index contributed by atoms with van der Waals surface area (Å²) >= 11 is 0. The normalized spacial score (nSPS) is 26.0. The Balaban J connectivity index is 1.55. The van der Waals surface area contributed by atoms with Crippen molar-refractivity contribution in [2.45, 2.75) is 18.6 Å². The Bertz CT molecular complexity index is 861. The second kappa shape index (κ2) is 6.77. The molecule has 2 N–H and O–H groups in total. The van der Waals surface area contributed by atoms with E-state index in [1.54, 1.807) is 12.2 Å². The number of ether oxygens (including phenoxy) is 1. The van der Waals surface area contributed by atoms with E-state index in [-0.39, 0.29) is 5.91 Å². The van der Waals surface area contributed by atoms with Gasteiger partial charge in [-0.2, -0.15) is 0 Å². The van der Waals surface area contributed by atoms with E-state index in [2.05, 4.69) is 5.32 Å². The number of amides is 1. The molecule has 5 nitrogen and oxygen atoms in total. The number of carboxylic acid groups (broad SMARTS) is 1. The molecule has 4 unspecified atom stereocenters. The van der Waals surface area contributed by atoms with E-state index in [4.69, 9.17) is 4.74 Å². The summed E-state index contributed by atoms with van der Waals surface area (Å²) in [6.07, 6.45) is 3.21. The lowest BCUT2D eigenvalue weighted by molar-refractivity contribution is -0.145. The zero-order chi connectivity index (χ0) is 18.1. The third-order valence-electron chi connectivity index (χ3n) is 5.00. The van der Waals surface area contributed by atoms with Crippen molar-refractivity contribution in [1.82, 2.24) is 0 Å². The molecular formula is C21H19NO4. The fraction of sp³-hybridized carbons (Fsp3) is 0.238. The van der Waals surface area contributed by atoms with Crippen LogP contribution in [0.3, 0.4) is 0 Å². The molecule has 0 aliphatic carbocycles. The minimum absolute atomic E-state index is 0.310. The summed E-state index contributed by atoms with van der Waals surface area (Å²) in [7, 11) is 0. The molecule has 4 atom stereocenters. The highest BCUT2D eigenvalue weighted by Gasteiger charge is 2.53. The molecule has 5 heteroatoms. The summed E-state index contributed by atoms with van der Waals surface area (Å²) in [6.45, 7) is 0. The smallest absolute Gasteiger partial charge is 0.310 e. The monoisotopic (exact) mass is 349 g/mol. The van der Waals surface area contributed by atoms with Crippen LogP contribution >= 0.6 is 0 Å². The van der Waals surface area contributed by atoms with Crippen molar-refractivity contribution in [1.29, 1.82) is 0 Å². The minimum Gasteiger partial charge on any atom is -0.481 e. The average molecular weight is 349 g/mol. The topological polar surface area (TPSA) is 75.6 Å². The number of nitrogens with one attached hydrogen (secondary N) is 1. The Morgan fingerprint density at radius 2 is 1.58 bits per heavy atom. The van der Waals surface area contributed by atoms with Crippen molar-refractivity contribution in [3.8, 4) is 0 Å². The van der Waals surface area contributed by atoms with E-state index in [1.165, 1.54) is 0 Å². The molecule has 2 heterocycles. The lowest BCUT2D eigenvalue weighted by Crippen LogP contribution is -2.39. The summed E-state index contributed by atoms with van der Waals surface area (Å²) in [6, 6.07) is 17.6. The molecule has 2 bridgehead atoms. The Hall–Kier alpha value is -2.92. The molecule has 0 spiro atoms. The van der Waals surface area contributed by atoms with Crippen LogP contribution in [-0.4, -0.2) is 29.2 Å². The second-order valence-electron chi connectivity index (χ2n) is 6.65. The molecule has 4 rings (SSSR count). The van der Waals surface area contributed by atoms with Crippen molar-refractivity contribution in [2.75, 3.05) is 5.32 Å². The van der Waals surface area contributed by atoms with Gasteiger partial charge >= 0.3 is 5.97 Å². The summed E-state index contributed by atoms with van der Waals surface area (Å²) in [4.78, 5) is 24.4. The molecular weight excluding hydrogens is 330 g/mol. The Morgan fingerprint density at radius 3 is 2.31 bits per heavy atom. The number of carboxylic acids is 1. The third kappa shape index (κ3) is 3.02. The number of hydrogen-bond donors (Lipinski definition) is 2. The van der Waals surface area contributed by atoms with Crippen molar-refractivity contribution < 1.29 is 19.4 Å². The van der Waals surface area contributed by atoms with Crippen LogP contribution in [0.4, 0.5) is 5.69 Å². The molecule has 1 amide bonds. The van der Waals surface area contributed by atoms with Gasteiger partial charge in [0.1, 0.15) is 5.92 Å². The van der Waals surface area contributed by atoms with E-state index in [0.717, 1.165) is 11.1 Å². The highest BCUT2D eigenvalue weighted by atomic mass is 16.5. The molecule has 2 aromatic carbocycles. The van der Waals surface area contributed by atoms with Gasteiger partial charge in [0, 0.05) is 5.69 Å². The molecule has 2 aromatic rings. The van der Waals surface area contributed by atoms with Crippen LogP contribution in [0.2, 0.25) is 0 Å². The number of anilines is 1. The van der Waals surface area contributed by atoms with Crippen LogP contribution in [0.25, 0.3) is 0 Å². The van der Waals surface area contributed by atoms with E-state index in [0.29, 0.717) is 12.1 Å². The predicted molar refractivity (Wildman–Crippen MR) is 96.7 cm³/mol. The lowest BCUT2D eigenvalue weighted by Gasteiger charge is -2.21. The van der Waals surface area contributed by atoms with Crippen molar-refractivity contribution in [3.05, 3.63) is 77.9 Å². The summed E-state index contributed by atoms with van der Waals surface area (Å²) in [5.41, 5.74) is 2.83. The average Bonchev–Trinajstić information content (AvgIpc) is 3.25. The molecule has 132 valence electrons. The zero-order valence-corrected chi connectivity index (χ0v) is 14.0. The number of aliphatic carboxylic acids is 1. The van der Waals surface area contributed by atoms with Gasteiger partial charge in [-0.25, -0.2) is 0 Å².